The van der Waals surface area contributed by atoms with Gasteiger partial charge in [0.15, 0.2) is 0 Å². The lowest BCUT2D eigenvalue weighted by Crippen LogP contribution is -2.05. The highest BCUT2D eigenvalue weighted by molar-refractivity contribution is 6.30. The summed E-state index contributed by atoms with van der Waals surface area (Å²) in [5, 5.41) is 3.79. The van der Waals surface area contributed by atoms with Gasteiger partial charge in [-0.25, -0.2) is 4.98 Å². The number of hydrogen-bond acceptors (Lipinski definition) is 4. The Morgan fingerprint density at radius 2 is 1.76 bits per heavy atom. The molecule has 4 nitrogen and oxygen atoms in total. The van der Waals surface area contributed by atoms with Gasteiger partial charge in [-0.2, -0.15) is 4.98 Å². The van der Waals surface area contributed by atoms with Crippen LogP contribution in [0.5, 0.6) is 11.6 Å². The zero-order valence-corrected chi connectivity index (χ0v) is 13.8. The Kier molecular flexibility index (Phi) is 4.68. The second-order valence-electron chi connectivity index (χ2n) is 4.99. The third-order valence-corrected chi connectivity index (χ3v) is 3.54. The molecule has 0 amide bonds. The van der Waals surface area contributed by atoms with Crippen molar-refractivity contribution in [2.24, 2.45) is 0 Å². The number of hydrogen-bond donors (Lipinski definition) is 1. The van der Waals surface area contributed by atoms with E-state index in [2.05, 4.69) is 15.3 Å². The van der Waals surface area contributed by atoms with E-state index in [1.165, 1.54) is 0 Å². The van der Waals surface area contributed by atoms with Crippen LogP contribution in [-0.2, 0) is 6.42 Å². The molecule has 0 radical (unpaired) electrons. The van der Waals surface area contributed by atoms with E-state index in [1.54, 1.807) is 0 Å². The molecule has 0 aliphatic rings. The smallest absolute Gasteiger partial charge is 0.227 e. The van der Waals surface area contributed by atoms with E-state index in [0.29, 0.717) is 10.9 Å². The molecule has 0 aliphatic heterocycles. The van der Waals surface area contributed by atoms with Gasteiger partial charge in [0, 0.05) is 18.5 Å². The van der Waals surface area contributed by atoms with Gasteiger partial charge in [0.25, 0.3) is 0 Å². The van der Waals surface area contributed by atoms with Crippen LogP contribution in [0, 0.1) is 20.8 Å². The van der Waals surface area contributed by atoms with Crippen LogP contribution in [0.25, 0.3) is 0 Å². The maximum Gasteiger partial charge on any atom is 0.227 e. The molecule has 1 aromatic carbocycles. The first-order chi connectivity index (χ1) is 9.96. The van der Waals surface area contributed by atoms with Gasteiger partial charge in [0.05, 0.1) is 5.56 Å². The standard InChI is InChI=1S/C16H20ClN3O/c1-6-13-19-15(18-5)11(4)16(20-13)21-14-9(2)7-12(17)8-10(14)3/h7-8H,6H2,1-5H3,(H,18,19,20). The molecular formula is C16H20ClN3O. The summed E-state index contributed by atoms with van der Waals surface area (Å²) in [7, 11) is 1.84. The van der Waals surface area contributed by atoms with Crippen molar-refractivity contribution >= 4 is 17.4 Å². The molecule has 2 aromatic rings. The molecule has 0 fully saturated rings. The molecule has 0 bridgehead atoms. The molecule has 2 rings (SSSR count). The highest BCUT2D eigenvalue weighted by atomic mass is 35.5. The number of nitrogens with one attached hydrogen (secondary N) is 1. The highest BCUT2D eigenvalue weighted by Gasteiger charge is 2.14. The molecule has 112 valence electrons. The first-order valence-electron chi connectivity index (χ1n) is 6.96. The fourth-order valence-corrected chi connectivity index (χ4v) is 2.52. The SMILES string of the molecule is CCc1nc(NC)c(C)c(Oc2c(C)cc(Cl)cc2C)n1. The Labute approximate surface area is 130 Å². The van der Waals surface area contributed by atoms with E-state index in [1.807, 2.05) is 46.9 Å². The predicted molar refractivity (Wildman–Crippen MR) is 86.7 cm³/mol. The molecule has 0 saturated carbocycles. The number of ether oxygens (including phenoxy) is 1. The van der Waals surface area contributed by atoms with E-state index in [-0.39, 0.29) is 0 Å². The van der Waals surface area contributed by atoms with Gasteiger partial charge in [0.2, 0.25) is 5.88 Å². The van der Waals surface area contributed by atoms with Crippen molar-refractivity contribution in [3.05, 3.63) is 39.7 Å². The molecule has 1 aromatic heterocycles. The number of benzene rings is 1. The molecule has 1 N–H and O–H groups in total. The Morgan fingerprint density at radius 1 is 1.14 bits per heavy atom. The van der Waals surface area contributed by atoms with E-state index < -0.39 is 0 Å². The quantitative estimate of drug-likeness (QED) is 0.906. The first kappa shape index (κ1) is 15.6. The van der Waals surface area contributed by atoms with Gasteiger partial charge in [-0.05, 0) is 44.0 Å². The van der Waals surface area contributed by atoms with Crippen molar-refractivity contribution < 1.29 is 4.74 Å². The lowest BCUT2D eigenvalue weighted by molar-refractivity contribution is 0.448. The molecule has 0 atom stereocenters. The van der Waals surface area contributed by atoms with E-state index >= 15 is 0 Å². The van der Waals surface area contributed by atoms with Crippen LogP contribution < -0.4 is 10.1 Å². The number of anilines is 1. The Bertz CT molecular complexity index is 648. The number of nitrogens with zero attached hydrogens (tertiary/aromatic N) is 2. The van der Waals surface area contributed by atoms with Crippen molar-refractivity contribution in [2.75, 3.05) is 12.4 Å². The normalized spacial score (nSPS) is 10.6. The second-order valence-corrected chi connectivity index (χ2v) is 5.43. The number of rotatable bonds is 4. The molecule has 0 spiro atoms. The first-order valence-corrected chi connectivity index (χ1v) is 7.33. The van der Waals surface area contributed by atoms with Crippen LogP contribution in [0.3, 0.4) is 0 Å². The third kappa shape index (κ3) is 3.27. The Balaban J connectivity index is 2.49. The molecule has 0 aliphatic carbocycles. The van der Waals surface area contributed by atoms with Crippen LogP contribution in [0.2, 0.25) is 5.02 Å². The summed E-state index contributed by atoms with van der Waals surface area (Å²) < 4.78 is 6.06. The van der Waals surface area contributed by atoms with Gasteiger partial charge in [-0.1, -0.05) is 18.5 Å². The number of aromatic nitrogens is 2. The van der Waals surface area contributed by atoms with Crippen molar-refractivity contribution in [2.45, 2.75) is 34.1 Å². The largest absolute Gasteiger partial charge is 0.438 e. The molecule has 5 heteroatoms. The van der Waals surface area contributed by atoms with Gasteiger partial charge in [-0.15, -0.1) is 0 Å². The van der Waals surface area contributed by atoms with E-state index in [0.717, 1.165) is 40.5 Å². The van der Waals surface area contributed by atoms with Crippen molar-refractivity contribution in [3.63, 3.8) is 0 Å². The van der Waals surface area contributed by atoms with Gasteiger partial charge >= 0.3 is 0 Å². The van der Waals surface area contributed by atoms with E-state index in [4.69, 9.17) is 16.3 Å². The summed E-state index contributed by atoms with van der Waals surface area (Å²) in [6, 6.07) is 3.78. The minimum Gasteiger partial charge on any atom is -0.438 e. The lowest BCUT2D eigenvalue weighted by atomic mass is 10.1. The number of halogens is 1. The van der Waals surface area contributed by atoms with Crippen LogP contribution >= 0.6 is 11.6 Å². The molecule has 0 saturated heterocycles. The van der Waals surface area contributed by atoms with Crippen molar-refractivity contribution in [3.8, 4) is 11.6 Å². The fraction of sp³-hybridized carbons (Fsp3) is 0.375. The van der Waals surface area contributed by atoms with Crippen molar-refractivity contribution in [1.82, 2.24) is 9.97 Å². The molecule has 1 heterocycles. The van der Waals surface area contributed by atoms with Crippen molar-refractivity contribution in [1.29, 1.82) is 0 Å². The minimum atomic E-state index is 0.583. The highest BCUT2D eigenvalue weighted by Crippen LogP contribution is 2.33. The maximum absolute atomic E-state index is 6.06. The average molecular weight is 306 g/mol. The lowest BCUT2D eigenvalue weighted by Gasteiger charge is -2.15. The van der Waals surface area contributed by atoms with E-state index in [9.17, 15) is 0 Å². The summed E-state index contributed by atoms with van der Waals surface area (Å²) in [4.78, 5) is 8.94. The van der Waals surface area contributed by atoms with Crippen LogP contribution in [0.15, 0.2) is 12.1 Å². The zero-order valence-electron chi connectivity index (χ0n) is 13.0. The van der Waals surface area contributed by atoms with Crippen LogP contribution in [0.1, 0.15) is 29.4 Å². The summed E-state index contributed by atoms with van der Waals surface area (Å²) in [6.07, 6.45) is 0.754. The number of aryl methyl sites for hydroxylation is 3. The molecular weight excluding hydrogens is 286 g/mol. The van der Waals surface area contributed by atoms with Gasteiger partial charge in [0.1, 0.15) is 17.4 Å². The monoisotopic (exact) mass is 305 g/mol. The maximum atomic E-state index is 6.06. The Hall–Kier alpha value is -1.81. The third-order valence-electron chi connectivity index (χ3n) is 3.32. The summed E-state index contributed by atoms with van der Waals surface area (Å²) in [5.41, 5.74) is 2.87. The average Bonchev–Trinajstić information content (AvgIpc) is 2.44. The Morgan fingerprint density at radius 3 is 2.29 bits per heavy atom. The van der Waals surface area contributed by atoms with Crippen LogP contribution in [-0.4, -0.2) is 17.0 Å². The fourth-order valence-electron chi connectivity index (χ4n) is 2.20. The summed E-state index contributed by atoms with van der Waals surface area (Å²) in [6.45, 7) is 7.92. The summed E-state index contributed by atoms with van der Waals surface area (Å²) in [5.74, 6) is 2.93. The molecule has 0 unspecified atom stereocenters. The predicted octanol–water partition coefficient (Wildman–Crippen LogP) is 4.45. The summed E-state index contributed by atoms with van der Waals surface area (Å²) >= 11 is 6.06. The zero-order chi connectivity index (χ0) is 15.6. The van der Waals surface area contributed by atoms with Gasteiger partial charge < -0.3 is 10.1 Å². The minimum absolute atomic E-state index is 0.583. The van der Waals surface area contributed by atoms with Crippen LogP contribution in [0.4, 0.5) is 5.82 Å². The topological polar surface area (TPSA) is 47.0 Å². The van der Waals surface area contributed by atoms with Gasteiger partial charge in [-0.3, -0.25) is 0 Å². The molecule has 21 heavy (non-hydrogen) atoms. The second kappa shape index (κ2) is 6.31.